The molecule has 0 saturated heterocycles. The Hall–Kier alpha value is -2.25. The van der Waals surface area contributed by atoms with E-state index in [0.29, 0.717) is 22.6 Å². The molecule has 7 heteroatoms. The van der Waals surface area contributed by atoms with Gasteiger partial charge in [0.1, 0.15) is 11.3 Å². The van der Waals surface area contributed by atoms with Gasteiger partial charge in [0, 0.05) is 19.5 Å². The van der Waals surface area contributed by atoms with E-state index in [1.807, 2.05) is 0 Å². The number of nitrogens with one attached hydrogen (secondary N) is 1. The van der Waals surface area contributed by atoms with Crippen LogP contribution in [0.3, 0.4) is 0 Å². The van der Waals surface area contributed by atoms with Gasteiger partial charge in [-0.25, -0.2) is 22.5 Å². The molecule has 1 heterocycles. The first kappa shape index (κ1) is 15.6. The van der Waals surface area contributed by atoms with Gasteiger partial charge < -0.3 is 4.42 Å². The first-order valence-corrected chi connectivity index (χ1v) is 8.54. The standard InChI is InChI=1S/C16H15FN2O3S/c1-11-19-15-7-6-13(10-16(15)22-11)23(20,21)18-9-8-12-4-2-3-5-14(12)17/h2-7,10,18H,8-9H2,1H3. The average Bonchev–Trinajstić information content (AvgIpc) is 2.88. The number of nitrogens with zero attached hydrogens (tertiary/aromatic N) is 1. The van der Waals surface area contributed by atoms with Crippen molar-refractivity contribution in [2.24, 2.45) is 0 Å². The fourth-order valence-corrected chi connectivity index (χ4v) is 3.34. The molecular formula is C16H15FN2O3S. The van der Waals surface area contributed by atoms with Crippen LogP contribution in [-0.2, 0) is 16.4 Å². The van der Waals surface area contributed by atoms with Crippen molar-refractivity contribution in [3.05, 3.63) is 59.7 Å². The van der Waals surface area contributed by atoms with E-state index in [0.717, 1.165) is 0 Å². The summed E-state index contributed by atoms with van der Waals surface area (Å²) in [5.41, 5.74) is 1.49. The summed E-state index contributed by atoms with van der Waals surface area (Å²) in [6.45, 7) is 1.80. The summed E-state index contributed by atoms with van der Waals surface area (Å²) in [5.74, 6) is 0.132. The summed E-state index contributed by atoms with van der Waals surface area (Å²) in [6.07, 6.45) is 0.273. The zero-order valence-electron chi connectivity index (χ0n) is 12.4. The Balaban J connectivity index is 1.74. The van der Waals surface area contributed by atoms with Crippen LogP contribution in [0.2, 0.25) is 0 Å². The molecule has 1 N–H and O–H groups in total. The topological polar surface area (TPSA) is 72.2 Å². The molecule has 5 nitrogen and oxygen atoms in total. The Morgan fingerprint density at radius 3 is 2.78 bits per heavy atom. The van der Waals surface area contributed by atoms with Gasteiger partial charge >= 0.3 is 0 Å². The number of rotatable bonds is 5. The largest absolute Gasteiger partial charge is 0.441 e. The maximum atomic E-state index is 13.5. The lowest BCUT2D eigenvalue weighted by atomic mass is 10.1. The van der Waals surface area contributed by atoms with Gasteiger partial charge in [0.05, 0.1) is 4.90 Å². The Labute approximate surface area is 133 Å². The quantitative estimate of drug-likeness (QED) is 0.779. The number of sulfonamides is 1. The van der Waals surface area contributed by atoms with Crippen LogP contribution >= 0.6 is 0 Å². The van der Waals surface area contributed by atoms with Gasteiger partial charge in [-0.2, -0.15) is 0 Å². The molecule has 0 atom stereocenters. The van der Waals surface area contributed by atoms with Gasteiger partial charge in [-0.3, -0.25) is 0 Å². The normalized spacial score (nSPS) is 11.9. The second-order valence-corrected chi connectivity index (χ2v) is 6.87. The van der Waals surface area contributed by atoms with E-state index in [9.17, 15) is 12.8 Å². The molecule has 0 aliphatic heterocycles. The summed E-state index contributed by atoms with van der Waals surface area (Å²) in [5, 5.41) is 0. The van der Waals surface area contributed by atoms with E-state index in [-0.39, 0.29) is 23.7 Å². The minimum atomic E-state index is -3.69. The third kappa shape index (κ3) is 3.40. The van der Waals surface area contributed by atoms with E-state index in [1.54, 1.807) is 31.2 Å². The molecule has 3 aromatic rings. The zero-order chi connectivity index (χ0) is 16.4. The molecule has 0 unspecified atom stereocenters. The summed E-state index contributed by atoms with van der Waals surface area (Å²) in [4.78, 5) is 4.22. The van der Waals surface area contributed by atoms with Crippen LogP contribution in [-0.4, -0.2) is 19.9 Å². The molecule has 2 aromatic carbocycles. The molecule has 0 saturated carbocycles. The Morgan fingerprint density at radius 2 is 2.00 bits per heavy atom. The van der Waals surface area contributed by atoms with Crippen molar-refractivity contribution >= 4 is 21.1 Å². The van der Waals surface area contributed by atoms with Gasteiger partial charge in [0.25, 0.3) is 0 Å². The Kier molecular flexibility index (Phi) is 4.14. The lowest BCUT2D eigenvalue weighted by Crippen LogP contribution is -2.26. The van der Waals surface area contributed by atoms with E-state index in [2.05, 4.69) is 9.71 Å². The van der Waals surface area contributed by atoms with Crippen molar-refractivity contribution in [2.45, 2.75) is 18.2 Å². The Morgan fingerprint density at radius 1 is 1.22 bits per heavy atom. The number of hydrogen-bond acceptors (Lipinski definition) is 4. The van der Waals surface area contributed by atoms with Crippen LogP contribution in [0.4, 0.5) is 4.39 Å². The fraction of sp³-hybridized carbons (Fsp3) is 0.188. The summed E-state index contributed by atoms with van der Waals surface area (Å²) in [6, 6.07) is 10.8. The average molecular weight is 334 g/mol. The van der Waals surface area contributed by atoms with Crippen LogP contribution in [0, 0.1) is 12.7 Å². The number of oxazole rings is 1. The molecule has 120 valence electrons. The summed E-state index contributed by atoms with van der Waals surface area (Å²) in [7, 11) is -3.69. The van der Waals surface area contributed by atoms with Gasteiger partial charge in [-0.15, -0.1) is 0 Å². The molecule has 1 aromatic heterocycles. The first-order valence-electron chi connectivity index (χ1n) is 7.06. The number of halogens is 1. The van der Waals surface area contributed by atoms with Crippen LogP contribution in [0.1, 0.15) is 11.5 Å². The van der Waals surface area contributed by atoms with Crippen LogP contribution in [0.15, 0.2) is 51.8 Å². The number of aryl methyl sites for hydroxylation is 1. The van der Waals surface area contributed by atoms with Crippen molar-refractivity contribution in [1.82, 2.24) is 9.71 Å². The summed E-state index contributed by atoms with van der Waals surface area (Å²) < 4.78 is 45.9. The number of hydrogen-bond donors (Lipinski definition) is 1. The SMILES string of the molecule is Cc1nc2ccc(S(=O)(=O)NCCc3ccccc3F)cc2o1. The van der Waals surface area contributed by atoms with Crippen LogP contribution in [0.5, 0.6) is 0 Å². The second kappa shape index (κ2) is 6.10. The minimum absolute atomic E-state index is 0.0923. The monoisotopic (exact) mass is 334 g/mol. The highest BCUT2D eigenvalue weighted by Gasteiger charge is 2.16. The molecule has 0 aliphatic carbocycles. The lowest BCUT2D eigenvalue weighted by Gasteiger charge is -2.07. The molecule has 0 amide bonds. The molecular weight excluding hydrogens is 319 g/mol. The van der Waals surface area contributed by atoms with Gasteiger partial charge in [-0.1, -0.05) is 18.2 Å². The van der Waals surface area contributed by atoms with E-state index in [1.165, 1.54) is 18.2 Å². The van der Waals surface area contributed by atoms with Gasteiger partial charge in [0.2, 0.25) is 10.0 Å². The van der Waals surface area contributed by atoms with Crippen LogP contribution in [0.25, 0.3) is 11.1 Å². The van der Waals surface area contributed by atoms with E-state index < -0.39 is 10.0 Å². The van der Waals surface area contributed by atoms with E-state index in [4.69, 9.17) is 4.42 Å². The van der Waals surface area contributed by atoms with Crippen LogP contribution < -0.4 is 4.72 Å². The molecule has 0 radical (unpaired) electrons. The highest BCUT2D eigenvalue weighted by molar-refractivity contribution is 7.89. The number of aromatic nitrogens is 1. The molecule has 0 fully saturated rings. The predicted octanol–water partition coefficient (Wildman–Crippen LogP) is 2.80. The zero-order valence-corrected chi connectivity index (χ0v) is 13.2. The maximum absolute atomic E-state index is 13.5. The van der Waals surface area contributed by atoms with Crippen molar-refractivity contribution < 1.29 is 17.2 Å². The predicted molar refractivity (Wildman–Crippen MR) is 84.0 cm³/mol. The highest BCUT2D eigenvalue weighted by atomic mass is 32.2. The molecule has 0 aliphatic rings. The maximum Gasteiger partial charge on any atom is 0.240 e. The first-order chi connectivity index (χ1) is 11.0. The third-order valence-electron chi connectivity index (χ3n) is 3.42. The lowest BCUT2D eigenvalue weighted by molar-refractivity contribution is 0.558. The highest BCUT2D eigenvalue weighted by Crippen LogP contribution is 2.19. The van der Waals surface area contributed by atoms with Gasteiger partial charge in [-0.05, 0) is 30.2 Å². The number of benzene rings is 2. The van der Waals surface area contributed by atoms with Crippen molar-refractivity contribution in [1.29, 1.82) is 0 Å². The minimum Gasteiger partial charge on any atom is -0.441 e. The molecule has 23 heavy (non-hydrogen) atoms. The smallest absolute Gasteiger partial charge is 0.240 e. The van der Waals surface area contributed by atoms with Gasteiger partial charge in [0.15, 0.2) is 11.5 Å². The molecule has 0 bridgehead atoms. The number of fused-ring (bicyclic) bond motifs is 1. The van der Waals surface area contributed by atoms with E-state index >= 15 is 0 Å². The molecule has 3 rings (SSSR count). The van der Waals surface area contributed by atoms with Crippen molar-refractivity contribution in [3.63, 3.8) is 0 Å². The molecule has 0 spiro atoms. The van der Waals surface area contributed by atoms with Crippen molar-refractivity contribution in [3.8, 4) is 0 Å². The Bertz CT molecular complexity index is 951. The second-order valence-electron chi connectivity index (χ2n) is 5.10. The third-order valence-corrected chi connectivity index (χ3v) is 4.88. The van der Waals surface area contributed by atoms with Crippen molar-refractivity contribution in [2.75, 3.05) is 6.54 Å². The summed E-state index contributed by atoms with van der Waals surface area (Å²) >= 11 is 0. The fourth-order valence-electron chi connectivity index (χ4n) is 2.29.